The highest BCUT2D eigenvalue weighted by atomic mass is 79.9. The number of benzene rings is 2. The van der Waals surface area contributed by atoms with Crippen LogP contribution in [0.4, 0.5) is 11.5 Å². The summed E-state index contributed by atoms with van der Waals surface area (Å²) in [7, 11) is 0. The second-order valence-corrected chi connectivity index (χ2v) is 5.28. The van der Waals surface area contributed by atoms with Crippen molar-refractivity contribution >= 4 is 44.1 Å². The molecule has 20 heavy (non-hydrogen) atoms. The van der Waals surface area contributed by atoms with E-state index in [9.17, 15) is 4.79 Å². The molecule has 100 valence electrons. The maximum atomic E-state index is 12.0. The van der Waals surface area contributed by atoms with Gasteiger partial charge in [-0.05, 0) is 35.0 Å². The van der Waals surface area contributed by atoms with E-state index in [1.807, 2.05) is 36.4 Å². The summed E-state index contributed by atoms with van der Waals surface area (Å²) in [5.41, 5.74) is 6.52. The smallest absolute Gasteiger partial charge is 0.273 e. The maximum Gasteiger partial charge on any atom is 0.273 e. The minimum atomic E-state index is -0.273. The molecule has 4 N–H and O–H groups in total. The highest BCUT2D eigenvalue weighted by Crippen LogP contribution is 2.23. The third-order valence-corrected chi connectivity index (χ3v) is 3.40. The van der Waals surface area contributed by atoms with Crippen LogP contribution in [0.1, 0.15) is 10.5 Å². The zero-order valence-electron chi connectivity index (χ0n) is 10.4. The van der Waals surface area contributed by atoms with Crippen molar-refractivity contribution < 1.29 is 4.79 Å². The number of aromatic amines is 1. The second-order valence-electron chi connectivity index (χ2n) is 4.37. The summed E-state index contributed by atoms with van der Waals surface area (Å²) < 4.78 is 1.02. The van der Waals surface area contributed by atoms with Gasteiger partial charge in [-0.25, -0.2) is 0 Å². The molecule has 0 radical (unpaired) electrons. The van der Waals surface area contributed by atoms with E-state index in [0.717, 1.165) is 20.9 Å². The van der Waals surface area contributed by atoms with Gasteiger partial charge in [-0.3, -0.25) is 9.89 Å². The summed E-state index contributed by atoms with van der Waals surface area (Å²) in [5, 5.41) is 11.3. The lowest BCUT2D eigenvalue weighted by atomic mass is 10.1. The molecule has 5 nitrogen and oxygen atoms in total. The number of nitrogens with zero attached hydrogens (tertiary/aromatic N) is 1. The molecular formula is C14H11BrN4O. The lowest BCUT2D eigenvalue weighted by Crippen LogP contribution is -2.12. The highest BCUT2D eigenvalue weighted by Gasteiger charge is 2.09. The number of hydrogen-bond donors (Lipinski definition) is 3. The Balaban J connectivity index is 1.87. The molecule has 1 amide bonds. The number of H-pyrrole nitrogens is 1. The lowest BCUT2D eigenvalue weighted by Gasteiger charge is -2.05. The lowest BCUT2D eigenvalue weighted by molar-refractivity contribution is 0.102. The Bertz CT molecular complexity index is 797. The molecule has 1 aromatic heterocycles. The number of carbonyl (C=O) groups excluding carboxylic acids is 1. The van der Waals surface area contributed by atoms with Crippen molar-refractivity contribution in [3.8, 4) is 0 Å². The number of nitrogens with two attached hydrogens (primary N) is 1. The molecule has 3 rings (SSSR count). The van der Waals surface area contributed by atoms with E-state index < -0.39 is 0 Å². The Morgan fingerprint density at radius 3 is 2.65 bits per heavy atom. The predicted molar refractivity (Wildman–Crippen MR) is 82.6 cm³/mol. The number of nitrogens with one attached hydrogen (secondary N) is 2. The number of amides is 1. The third-order valence-electron chi connectivity index (χ3n) is 2.90. The Kier molecular flexibility index (Phi) is 3.15. The van der Waals surface area contributed by atoms with Crippen molar-refractivity contribution in [2.75, 3.05) is 11.1 Å². The van der Waals surface area contributed by atoms with Gasteiger partial charge in [0.2, 0.25) is 0 Å². The second kappa shape index (κ2) is 4.97. The van der Waals surface area contributed by atoms with E-state index in [1.54, 1.807) is 0 Å². The van der Waals surface area contributed by atoms with Crippen molar-refractivity contribution in [3.05, 3.63) is 52.6 Å². The van der Waals surface area contributed by atoms with E-state index in [2.05, 4.69) is 31.4 Å². The van der Waals surface area contributed by atoms with E-state index in [4.69, 9.17) is 5.73 Å². The molecule has 0 spiro atoms. The van der Waals surface area contributed by atoms with Gasteiger partial charge >= 0.3 is 0 Å². The van der Waals surface area contributed by atoms with Crippen molar-refractivity contribution in [2.24, 2.45) is 0 Å². The van der Waals surface area contributed by atoms with Gasteiger partial charge in [0, 0.05) is 16.2 Å². The summed E-state index contributed by atoms with van der Waals surface area (Å²) in [6.07, 6.45) is 0. The van der Waals surface area contributed by atoms with E-state index in [0.29, 0.717) is 11.5 Å². The molecule has 0 saturated carbocycles. The van der Waals surface area contributed by atoms with Crippen molar-refractivity contribution in [1.29, 1.82) is 0 Å². The fourth-order valence-electron chi connectivity index (χ4n) is 1.95. The first kappa shape index (κ1) is 12.7. The molecule has 0 saturated heterocycles. The fraction of sp³-hybridized carbons (Fsp3) is 0. The zero-order chi connectivity index (χ0) is 14.1. The fourth-order valence-corrected chi connectivity index (χ4v) is 2.33. The van der Waals surface area contributed by atoms with Gasteiger partial charge in [0.1, 0.15) is 11.5 Å². The SMILES string of the molecule is Nc1cc(C(=O)Nc2ccc3cc(Br)ccc3c2)[nH]n1. The summed E-state index contributed by atoms with van der Waals surface area (Å²) in [6.45, 7) is 0. The van der Waals surface area contributed by atoms with Crippen LogP contribution in [0.3, 0.4) is 0 Å². The van der Waals surface area contributed by atoms with Crippen LogP contribution < -0.4 is 11.1 Å². The Hall–Kier alpha value is -2.34. The van der Waals surface area contributed by atoms with Crippen LogP contribution in [0.2, 0.25) is 0 Å². The molecule has 3 aromatic rings. The number of carbonyl (C=O) groups is 1. The van der Waals surface area contributed by atoms with Crippen LogP contribution >= 0.6 is 15.9 Å². The van der Waals surface area contributed by atoms with Crippen molar-refractivity contribution in [1.82, 2.24) is 10.2 Å². The molecule has 0 aliphatic heterocycles. The zero-order valence-corrected chi connectivity index (χ0v) is 11.9. The Morgan fingerprint density at radius 1 is 1.15 bits per heavy atom. The number of aromatic nitrogens is 2. The number of anilines is 2. The minimum Gasteiger partial charge on any atom is -0.382 e. The van der Waals surface area contributed by atoms with Crippen molar-refractivity contribution in [2.45, 2.75) is 0 Å². The quantitative estimate of drug-likeness (QED) is 0.674. The summed E-state index contributed by atoms with van der Waals surface area (Å²) in [4.78, 5) is 12.0. The molecule has 0 bridgehead atoms. The van der Waals surface area contributed by atoms with Gasteiger partial charge in [0.25, 0.3) is 5.91 Å². The number of nitrogen functional groups attached to an aromatic ring is 1. The first-order valence-corrected chi connectivity index (χ1v) is 6.73. The predicted octanol–water partition coefficient (Wildman–Crippen LogP) is 3.16. The van der Waals surface area contributed by atoms with E-state index in [1.165, 1.54) is 6.07 Å². The van der Waals surface area contributed by atoms with Crippen LogP contribution in [0.15, 0.2) is 46.9 Å². The molecule has 1 heterocycles. The van der Waals surface area contributed by atoms with Gasteiger partial charge in [0.15, 0.2) is 0 Å². The first-order valence-electron chi connectivity index (χ1n) is 5.93. The largest absolute Gasteiger partial charge is 0.382 e. The Labute approximate surface area is 123 Å². The van der Waals surface area contributed by atoms with Crippen LogP contribution in [0, 0.1) is 0 Å². The summed E-state index contributed by atoms with van der Waals surface area (Å²) >= 11 is 3.43. The van der Waals surface area contributed by atoms with Crippen LogP contribution in [0.25, 0.3) is 10.8 Å². The molecule has 2 aromatic carbocycles. The number of rotatable bonds is 2. The molecule has 0 aliphatic carbocycles. The molecular weight excluding hydrogens is 320 g/mol. The number of hydrogen-bond acceptors (Lipinski definition) is 3. The van der Waals surface area contributed by atoms with Gasteiger partial charge in [-0.1, -0.05) is 28.1 Å². The van der Waals surface area contributed by atoms with Crippen molar-refractivity contribution in [3.63, 3.8) is 0 Å². The average molecular weight is 331 g/mol. The van der Waals surface area contributed by atoms with Gasteiger partial charge in [-0.15, -0.1) is 0 Å². The van der Waals surface area contributed by atoms with Gasteiger partial charge in [0.05, 0.1) is 0 Å². The highest BCUT2D eigenvalue weighted by molar-refractivity contribution is 9.10. The number of fused-ring (bicyclic) bond motifs is 1. The first-order chi connectivity index (χ1) is 9.61. The molecule has 6 heteroatoms. The molecule has 0 aliphatic rings. The van der Waals surface area contributed by atoms with E-state index >= 15 is 0 Å². The third kappa shape index (κ3) is 2.50. The number of halogens is 1. The summed E-state index contributed by atoms with van der Waals surface area (Å²) in [5.74, 6) is 0.0178. The average Bonchev–Trinajstić information content (AvgIpc) is 2.86. The molecule has 0 unspecified atom stereocenters. The Morgan fingerprint density at radius 2 is 1.90 bits per heavy atom. The normalized spacial score (nSPS) is 10.7. The monoisotopic (exact) mass is 330 g/mol. The maximum absolute atomic E-state index is 12.0. The molecule has 0 atom stereocenters. The van der Waals surface area contributed by atoms with Crippen LogP contribution in [0.5, 0.6) is 0 Å². The standard InChI is InChI=1S/C14H11BrN4O/c15-10-3-1-9-6-11(4-2-8(9)5-10)17-14(20)12-7-13(16)19-18-12/h1-7H,(H,17,20)(H3,16,18,19). The van der Waals surface area contributed by atoms with E-state index in [-0.39, 0.29) is 5.91 Å². The minimum absolute atomic E-state index is 0.273. The molecule has 0 fully saturated rings. The van der Waals surface area contributed by atoms with Gasteiger partial charge < -0.3 is 11.1 Å². The topological polar surface area (TPSA) is 83.8 Å². The van der Waals surface area contributed by atoms with Crippen LogP contribution in [-0.2, 0) is 0 Å². The summed E-state index contributed by atoms with van der Waals surface area (Å²) in [6, 6.07) is 13.2. The van der Waals surface area contributed by atoms with Crippen LogP contribution in [-0.4, -0.2) is 16.1 Å². The van der Waals surface area contributed by atoms with Gasteiger partial charge in [-0.2, -0.15) is 5.10 Å².